The van der Waals surface area contributed by atoms with Gasteiger partial charge in [-0.3, -0.25) is 9.78 Å². The van der Waals surface area contributed by atoms with Crippen LogP contribution >= 0.6 is 0 Å². The number of pyridine rings is 1. The predicted octanol–water partition coefficient (Wildman–Crippen LogP) is 1.28. The molecule has 3 heteroatoms. The number of carbonyl (C=O) groups is 1. The molecule has 70 valence electrons. The topological polar surface area (TPSA) is 50.2 Å². The van der Waals surface area contributed by atoms with Gasteiger partial charge in [0.05, 0.1) is 0 Å². The minimum absolute atomic E-state index is 0.0210. The molecule has 0 saturated heterocycles. The van der Waals surface area contributed by atoms with Crippen molar-refractivity contribution >= 4 is 5.78 Å². The number of hydrogen-bond acceptors (Lipinski definition) is 3. The third-order valence-corrected chi connectivity index (χ3v) is 1.83. The zero-order chi connectivity index (χ0) is 9.68. The van der Waals surface area contributed by atoms with Crippen LogP contribution in [0.15, 0.2) is 24.5 Å². The third-order valence-electron chi connectivity index (χ3n) is 1.83. The Morgan fingerprint density at radius 2 is 2.46 bits per heavy atom. The van der Waals surface area contributed by atoms with Crippen LogP contribution in [0.3, 0.4) is 0 Å². The van der Waals surface area contributed by atoms with Crippen molar-refractivity contribution in [3.63, 3.8) is 0 Å². The second kappa shape index (κ2) is 4.72. The minimum Gasteiger partial charge on any atom is -0.396 e. The molecule has 1 atom stereocenters. The van der Waals surface area contributed by atoms with Gasteiger partial charge in [-0.05, 0) is 18.1 Å². The largest absolute Gasteiger partial charge is 0.396 e. The summed E-state index contributed by atoms with van der Waals surface area (Å²) in [5.41, 5.74) is 0.614. The number of aliphatic hydroxyl groups excluding tert-OH is 1. The molecule has 0 aliphatic heterocycles. The number of nitrogens with zero attached hydrogens (tertiary/aromatic N) is 1. The molecule has 0 aliphatic rings. The van der Waals surface area contributed by atoms with E-state index in [-0.39, 0.29) is 18.3 Å². The maximum Gasteiger partial charge on any atom is 0.164 e. The Bertz CT molecular complexity index is 272. The van der Waals surface area contributed by atoms with Crippen molar-refractivity contribution < 1.29 is 9.90 Å². The maximum absolute atomic E-state index is 11.5. The molecule has 0 radical (unpaired) electrons. The Hall–Kier alpha value is -1.22. The summed E-state index contributed by atoms with van der Waals surface area (Å²) < 4.78 is 0. The fourth-order valence-corrected chi connectivity index (χ4v) is 1.03. The molecule has 13 heavy (non-hydrogen) atoms. The summed E-state index contributed by atoms with van der Waals surface area (Å²) in [6, 6.07) is 3.47. The van der Waals surface area contributed by atoms with Gasteiger partial charge in [-0.15, -0.1) is 0 Å². The molecule has 0 aromatic carbocycles. The van der Waals surface area contributed by atoms with Crippen LogP contribution in [0.2, 0.25) is 0 Å². The predicted molar refractivity (Wildman–Crippen MR) is 49.4 cm³/mol. The SMILES string of the molecule is CC(CO)CC(=O)c1cccnc1. The van der Waals surface area contributed by atoms with Crippen molar-refractivity contribution in [2.24, 2.45) is 5.92 Å². The number of aliphatic hydroxyl groups is 1. The third kappa shape index (κ3) is 2.95. The lowest BCUT2D eigenvalue weighted by atomic mass is 10.0. The summed E-state index contributed by atoms with van der Waals surface area (Å²) in [6.45, 7) is 1.89. The Labute approximate surface area is 77.4 Å². The lowest BCUT2D eigenvalue weighted by molar-refractivity contribution is 0.0943. The van der Waals surface area contributed by atoms with Gasteiger partial charge in [0, 0.05) is 31.0 Å². The average Bonchev–Trinajstić information content (AvgIpc) is 2.19. The second-order valence-electron chi connectivity index (χ2n) is 3.16. The molecular weight excluding hydrogens is 166 g/mol. The van der Waals surface area contributed by atoms with Crippen LogP contribution in [0.4, 0.5) is 0 Å². The number of ketones is 1. The van der Waals surface area contributed by atoms with Gasteiger partial charge in [0.2, 0.25) is 0 Å². The van der Waals surface area contributed by atoms with Crippen molar-refractivity contribution in [2.45, 2.75) is 13.3 Å². The molecule has 1 aromatic rings. The van der Waals surface area contributed by atoms with E-state index in [1.807, 2.05) is 6.92 Å². The van der Waals surface area contributed by atoms with Gasteiger partial charge >= 0.3 is 0 Å². The summed E-state index contributed by atoms with van der Waals surface area (Å²) in [5, 5.41) is 8.76. The summed E-state index contributed by atoms with van der Waals surface area (Å²) in [7, 11) is 0. The molecule has 0 amide bonds. The molecule has 0 fully saturated rings. The molecule has 1 aromatic heterocycles. The highest BCUT2D eigenvalue weighted by atomic mass is 16.3. The average molecular weight is 179 g/mol. The normalized spacial score (nSPS) is 12.5. The first-order valence-corrected chi connectivity index (χ1v) is 4.28. The van der Waals surface area contributed by atoms with Gasteiger partial charge in [0.15, 0.2) is 5.78 Å². The zero-order valence-corrected chi connectivity index (χ0v) is 7.60. The van der Waals surface area contributed by atoms with E-state index in [9.17, 15) is 4.79 Å². The summed E-state index contributed by atoms with van der Waals surface area (Å²) in [4.78, 5) is 15.3. The van der Waals surface area contributed by atoms with Crippen LogP contribution in [-0.4, -0.2) is 22.5 Å². The first-order chi connectivity index (χ1) is 6.24. The minimum atomic E-state index is 0.0210. The van der Waals surface area contributed by atoms with Gasteiger partial charge in [-0.1, -0.05) is 6.92 Å². The Kier molecular flexibility index (Phi) is 3.58. The van der Waals surface area contributed by atoms with Crippen LogP contribution in [0.1, 0.15) is 23.7 Å². The Morgan fingerprint density at radius 1 is 1.69 bits per heavy atom. The van der Waals surface area contributed by atoms with E-state index in [0.29, 0.717) is 12.0 Å². The highest BCUT2D eigenvalue weighted by Crippen LogP contribution is 2.07. The smallest absolute Gasteiger partial charge is 0.164 e. The molecule has 0 saturated carbocycles. The van der Waals surface area contributed by atoms with Crippen LogP contribution < -0.4 is 0 Å². The fraction of sp³-hybridized carbons (Fsp3) is 0.400. The van der Waals surface area contributed by atoms with Gasteiger partial charge in [-0.2, -0.15) is 0 Å². The molecule has 1 heterocycles. The molecule has 1 unspecified atom stereocenters. The first-order valence-electron chi connectivity index (χ1n) is 4.28. The number of carbonyl (C=O) groups excluding carboxylic acids is 1. The van der Waals surface area contributed by atoms with Crippen molar-refractivity contribution in [1.29, 1.82) is 0 Å². The van der Waals surface area contributed by atoms with Crippen molar-refractivity contribution in [3.05, 3.63) is 30.1 Å². The number of Topliss-reactive ketones (excluding diaryl/α,β-unsaturated/α-hetero) is 1. The molecular formula is C10H13NO2. The monoisotopic (exact) mass is 179 g/mol. The van der Waals surface area contributed by atoms with Crippen LogP contribution in [0, 0.1) is 5.92 Å². The summed E-state index contributed by atoms with van der Waals surface area (Å²) >= 11 is 0. The van der Waals surface area contributed by atoms with Crippen LogP contribution in [0.25, 0.3) is 0 Å². The summed E-state index contributed by atoms with van der Waals surface area (Å²) in [5.74, 6) is 0.0577. The maximum atomic E-state index is 11.5. The summed E-state index contributed by atoms with van der Waals surface area (Å²) in [6.07, 6.45) is 3.56. The quantitative estimate of drug-likeness (QED) is 0.708. The number of aromatic nitrogens is 1. The van der Waals surface area contributed by atoms with Gasteiger partial charge < -0.3 is 5.11 Å². The van der Waals surface area contributed by atoms with E-state index in [1.165, 1.54) is 0 Å². The van der Waals surface area contributed by atoms with Crippen molar-refractivity contribution in [2.75, 3.05) is 6.61 Å². The highest BCUT2D eigenvalue weighted by Gasteiger charge is 2.09. The van der Waals surface area contributed by atoms with Crippen LogP contribution in [-0.2, 0) is 0 Å². The van der Waals surface area contributed by atoms with E-state index >= 15 is 0 Å². The first kappa shape index (κ1) is 9.86. The second-order valence-corrected chi connectivity index (χ2v) is 3.16. The number of rotatable bonds is 4. The molecule has 1 rings (SSSR count). The Balaban J connectivity index is 2.59. The zero-order valence-electron chi connectivity index (χ0n) is 7.60. The van der Waals surface area contributed by atoms with E-state index in [1.54, 1.807) is 24.5 Å². The lowest BCUT2D eigenvalue weighted by Gasteiger charge is -2.05. The molecule has 0 bridgehead atoms. The van der Waals surface area contributed by atoms with Crippen molar-refractivity contribution in [3.8, 4) is 0 Å². The van der Waals surface area contributed by atoms with E-state index in [0.717, 1.165) is 0 Å². The van der Waals surface area contributed by atoms with Gasteiger partial charge in [0.1, 0.15) is 0 Å². The molecule has 3 nitrogen and oxygen atoms in total. The molecule has 0 aliphatic carbocycles. The van der Waals surface area contributed by atoms with E-state index in [4.69, 9.17) is 5.11 Å². The van der Waals surface area contributed by atoms with E-state index in [2.05, 4.69) is 4.98 Å². The van der Waals surface area contributed by atoms with Gasteiger partial charge in [0.25, 0.3) is 0 Å². The molecule has 1 N–H and O–H groups in total. The number of hydrogen-bond donors (Lipinski definition) is 1. The highest BCUT2D eigenvalue weighted by molar-refractivity contribution is 5.95. The molecule has 0 spiro atoms. The fourth-order valence-electron chi connectivity index (χ4n) is 1.03. The van der Waals surface area contributed by atoms with Gasteiger partial charge in [-0.25, -0.2) is 0 Å². The lowest BCUT2D eigenvalue weighted by Crippen LogP contribution is -2.09. The van der Waals surface area contributed by atoms with Crippen molar-refractivity contribution in [1.82, 2.24) is 4.98 Å². The standard InChI is InChI=1S/C10H13NO2/c1-8(7-12)5-10(13)9-3-2-4-11-6-9/h2-4,6,8,12H,5,7H2,1H3. The van der Waals surface area contributed by atoms with E-state index < -0.39 is 0 Å². The van der Waals surface area contributed by atoms with Crippen LogP contribution in [0.5, 0.6) is 0 Å². The Morgan fingerprint density at radius 3 is 3.00 bits per heavy atom.